The van der Waals surface area contributed by atoms with E-state index in [1.165, 1.54) is 6.08 Å². The Balaban J connectivity index is 1.78. The van der Waals surface area contributed by atoms with Gasteiger partial charge in [0.15, 0.2) is 5.78 Å². The predicted molar refractivity (Wildman–Crippen MR) is 94.0 cm³/mol. The summed E-state index contributed by atoms with van der Waals surface area (Å²) in [6.45, 7) is 0. The number of carbonyl (C=O) groups excluding carboxylic acids is 1. The summed E-state index contributed by atoms with van der Waals surface area (Å²) in [5.41, 5.74) is 1.47. The molecule has 0 saturated heterocycles. The third-order valence-corrected chi connectivity index (χ3v) is 4.03. The molecule has 0 aliphatic heterocycles. The van der Waals surface area contributed by atoms with Crippen LogP contribution in [0.2, 0.25) is 10.0 Å². The lowest BCUT2D eigenvalue weighted by Crippen LogP contribution is -1.92. The van der Waals surface area contributed by atoms with Crippen molar-refractivity contribution in [1.29, 1.82) is 0 Å². The number of halogens is 2. The van der Waals surface area contributed by atoms with Gasteiger partial charge in [0, 0.05) is 11.1 Å². The maximum atomic E-state index is 12.0. The molecule has 0 bridgehead atoms. The molecule has 0 fully saturated rings. The minimum Gasteiger partial charge on any atom is -0.457 e. The summed E-state index contributed by atoms with van der Waals surface area (Å²) < 4.78 is 5.71. The molecule has 0 N–H and O–H groups in total. The first-order valence-electron chi connectivity index (χ1n) is 6.96. The number of carbonyl (C=O) groups is 1. The zero-order valence-corrected chi connectivity index (χ0v) is 13.5. The average Bonchev–Trinajstić information content (AvgIpc) is 3.05. The van der Waals surface area contributed by atoms with Crippen LogP contribution in [0.1, 0.15) is 16.1 Å². The molecular formula is C19H12Cl2O2. The minimum absolute atomic E-state index is 0.0712. The van der Waals surface area contributed by atoms with Crippen molar-refractivity contribution in [2.45, 2.75) is 0 Å². The summed E-state index contributed by atoms with van der Waals surface area (Å²) in [5.74, 6) is 1.18. The van der Waals surface area contributed by atoms with Crippen molar-refractivity contribution in [2.24, 2.45) is 0 Å². The Kier molecular flexibility index (Phi) is 4.65. The molecule has 0 aliphatic rings. The lowest BCUT2D eigenvalue weighted by molar-refractivity contribution is 0.104. The SMILES string of the molecule is O=C(/C=C/c1ccc(-c2ccc(Cl)c(Cl)c2)o1)c1ccccc1. The van der Waals surface area contributed by atoms with Crippen LogP contribution in [-0.2, 0) is 0 Å². The van der Waals surface area contributed by atoms with Gasteiger partial charge in [-0.2, -0.15) is 0 Å². The lowest BCUT2D eigenvalue weighted by Gasteiger charge is -1.99. The lowest BCUT2D eigenvalue weighted by atomic mass is 10.1. The molecule has 0 spiro atoms. The van der Waals surface area contributed by atoms with Crippen LogP contribution in [0, 0.1) is 0 Å². The van der Waals surface area contributed by atoms with E-state index in [0.29, 0.717) is 27.1 Å². The van der Waals surface area contributed by atoms with Gasteiger partial charge in [-0.25, -0.2) is 0 Å². The number of hydrogen-bond acceptors (Lipinski definition) is 2. The van der Waals surface area contributed by atoms with Crippen LogP contribution in [0.25, 0.3) is 17.4 Å². The Hall–Kier alpha value is -2.29. The van der Waals surface area contributed by atoms with Crippen molar-refractivity contribution in [3.05, 3.63) is 88.1 Å². The van der Waals surface area contributed by atoms with Crippen LogP contribution >= 0.6 is 23.2 Å². The van der Waals surface area contributed by atoms with E-state index in [2.05, 4.69) is 0 Å². The molecule has 0 saturated carbocycles. The van der Waals surface area contributed by atoms with E-state index in [1.807, 2.05) is 30.3 Å². The molecule has 0 unspecified atom stereocenters. The van der Waals surface area contributed by atoms with Crippen molar-refractivity contribution in [2.75, 3.05) is 0 Å². The molecule has 3 aromatic rings. The van der Waals surface area contributed by atoms with Gasteiger partial charge in [-0.05, 0) is 42.5 Å². The van der Waals surface area contributed by atoms with Crippen LogP contribution in [0.5, 0.6) is 0 Å². The first-order valence-corrected chi connectivity index (χ1v) is 7.72. The first-order chi connectivity index (χ1) is 11.1. The van der Waals surface area contributed by atoms with Crippen molar-refractivity contribution >= 4 is 35.1 Å². The molecule has 1 aromatic heterocycles. The fourth-order valence-corrected chi connectivity index (χ4v) is 2.40. The second-order valence-corrected chi connectivity index (χ2v) is 5.71. The summed E-state index contributed by atoms with van der Waals surface area (Å²) in [5, 5.41) is 0.965. The summed E-state index contributed by atoms with van der Waals surface area (Å²) >= 11 is 11.9. The second kappa shape index (κ2) is 6.86. The Labute approximate surface area is 144 Å². The van der Waals surface area contributed by atoms with Gasteiger partial charge in [0.2, 0.25) is 0 Å². The van der Waals surface area contributed by atoms with Gasteiger partial charge >= 0.3 is 0 Å². The fraction of sp³-hybridized carbons (Fsp3) is 0. The molecular weight excluding hydrogens is 331 g/mol. The molecule has 4 heteroatoms. The van der Waals surface area contributed by atoms with Gasteiger partial charge in [0.1, 0.15) is 11.5 Å². The highest BCUT2D eigenvalue weighted by molar-refractivity contribution is 6.42. The van der Waals surface area contributed by atoms with Gasteiger partial charge < -0.3 is 4.42 Å². The first kappa shape index (κ1) is 15.6. The zero-order chi connectivity index (χ0) is 16.2. The normalized spacial score (nSPS) is 11.0. The van der Waals surface area contributed by atoms with E-state index in [4.69, 9.17) is 27.6 Å². The van der Waals surface area contributed by atoms with Crippen LogP contribution in [0.3, 0.4) is 0 Å². The number of ketones is 1. The molecule has 0 amide bonds. The van der Waals surface area contributed by atoms with Crippen molar-refractivity contribution in [3.63, 3.8) is 0 Å². The van der Waals surface area contributed by atoms with Gasteiger partial charge in [-0.1, -0.05) is 53.5 Å². The Morgan fingerprint density at radius 1 is 0.913 bits per heavy atom. The number of rotatable bonds is 4. The molecule has 0 atom stereocenters. The molecule has 3 rings (SSSR count). The van der Waals surface area contributed by atoms with Crippen LogP contribution in [0.4, 0.5) is 0 Å². The molecule has 23 heavy (non-hydrogen) atoms. The van der Waals surface area contributed by atoms with E-state index in [0.717, 1.165) is 5.56 Å². The van der Waals surface area contributed by atoms with E-state index >= 15 is 0 Å². The number of furan rings is 1. The van der Waals surface area contributed by atoms with Gasteiger partial charge in [0.05, 0.1) is 10.0 Å². The summed E-state index contributed by atoms with van der Waals surface area (Å²) in [6.07, 6.45) is 3.14. The highest BCUT2D eigenvalue weighted by atomic mass is 35.5. The van der Waals surface area contributed by atoms with Crippen molar-refractivity contribution in [3.8, 4) is 11.3 Å². The monoisotopic (exact) mass is 342 g/mol. The second-order valence-electron chi connectivity index (χ2n) is 4.89. The zero-order valence-electron chi connectivity index (χ0n) is 12.0. The van der Waals surface area contributed by atoms with E-state index < -0.39 is 0 Å². The van der Waals surface area contributed by atoms with Gasteiger partial charge in [-0.3, -0.25) is 4.79 Å². The number of benzene rings is 2. The molecule has 0 aliphatic carbocycles. The smallest absolute Gasteiger partial charge is 0.185 e. The number of allylic oxidation sites excluding steroid dienone is 1. The molecule has 114 valence electrons. The molecule has 2 aromatic carbocycles. The maximum Gasteiger partial charge on any atom is 0.185 e. The Morgan fingerprint density at radius 2 is 1.70 bits per heavy atom. The van der Waals surface area contributed by atoms with Crippen LogP contribution in [-0.4, -0.2) is 5.78 Å². The average molecular weight is 343 g/mol. The van der Waals surface area contributed by atoms with Gasteiger partial charge in [-0.15, -0.1) is 0 Å². The largest absolute Gasteiger partial charge is 0.457 e. The third-order valence-electron chi connectivity index (χ3n) is 3.29. The standard InChI is InChI=1S/C19H12Cl2O2/c20-16-9-6-14(12-17(16)21)19-11-8-15(23-19)7-10-18(22)13-4-2-1-3-5-13/h1-12H/b10-7+. The summed E-state index contributed by atoms with van der Waals surface area (Å²) in [6, 6.07) is 18.0. The van der Waals surface area contributed by atoms with E-state index in [9.17, 15) is 4.79 Å². The highest BCUT2D eigenvalue weighted by Gasteiger charge is 2.06. The van der Waals surface area contributed by atoms with Crippen molar-refractivity contribution in [1.82, 2.24) is 0 Å². The highest BCUT2D eigenvalue weighted by Crippen LogP contribution is 2.29. The Bertz CT molecular complexity index is 864. The van der Waals surface area contributed by atoms with Crippen LogP contribution < -0.4 is 0 Å². The summed E-state index contributed by atoms with van der Waals surface area (Å²) in [7, 11) is 0. The molecule has 1 heterocycles. The Morgan fingerprint density at radius 3 is 2.43 bits per heavy atom. The molecule has 0 radical (unpaired) electrons. The fourth-order valence-electron chi connectivity index (χ4n) is 2.10. The van der Waals surface area contributed by atoms with E-state index in [-0.39, 0.29) is 5.78 Å². The minimum atomic E-state index is -0.0712. The van der Waals surface area contributed by atoms with Gasteiger partial charge in [0.25, 0.3) is 0 Å². The topological polar surface area (TPSA) is 30.2 Å². The quantitative estimate of drug-likeness (QED) is 0.420. The predicted octanol–water partition coefficient (Wildman–Crippen LogP) is 6.15. The van der Waals surface area contributed by atoms with Crippen molar-refractivity contribution < 1.29 is 9.21 Å². The molecule has 2 nitrogen and oxygen atoms in total. The van der Waals surface area contributed by atoms with Crippen LogP contribution in [0.15, 0.2) is 71.2 Å². The third kappa shape index (κ3) is 3.73. The van der Waals surface area contributed by atoms with E-state index in [1.54, 1.807) is 36.4 Å². The maximum absolute atomic E-state index is 12.0. The number of hydrogen-bond donors (Lipinski definition) is 0. The summed E-state index contributed by atoms with van der Waals surface area (Å²) in [4.78, 5) is 12.0.